The second-order valence-electron chi connectivity index (χ2n) is 5.89. The Hall–Kier alpha value is -0.160. The Bertz CT molecular complexity index is 259. The molecule has 0 amide bonds. The van der Waals surface area contributed by atoms with E-state index in [1.165, 1.54) is 13.0 Å². The lowest BCUT2D eigenvalue weighted by Crippen LogP contribution is -2.61. The number of ether oxygens (including phenoxy) is 1. The lowest BCUT2D eigenvalue weighted by atomic mass is 9.79. The largest absolute Gasteiger partial charge is 0.381 e. The van der Waals surface area contributed by atoms with Crippen LogP contribution < -0.4 is 5.73 Å². The lowest BCUT2D eigenvalue weighted by Gasteiger charge is -2.48. The van der Waals surface area contributed by atoms with E-state index in [-0.39, 0.29) is 5.54 Å². The van der Waals surface area contributed by atoms with Gasteiger partial charge in [-0.2, -0.15) is 0 Å². The van der Waals surface area contributed by atoms with Crippen LogP contribution in [0.4, 0.5) is 0 Å². The molecule has 2 aliphatic rings. The van der Waals surface area contributed by atoms with Gasteiger partial charge in [0.25, 0.3) is 0 Å². The number of nitrogens with zero attached hydrogens (tertiary/aromatic N) is 2. The van der Waals surface area contributed by atoms with Gasteiger partial charge in [0.1, 0.15) is 0 Å². The molecule has 2 aliphatic heterocycles. The zero-order chi connectivity index (χ0) is 12.5. The van der Waals surface area contributed by atoms with E-state index in [4.69, 9.17) is 10.5 Å². The molecule has 2 fully saturated rings. The summed E-state index contributed by atoms with van der Waals surface area (Å²) in [4.78, 5) is 4.97. The summed E-state index contributed by atoms with van der Waals surface area (Å²) in [6.07, 6.45) is 2.35. The van der Waals surface area contributed by atoms with E-state index in [0.29, 0.717) is 12.0 Å². The fraction of sp³-hybridized carbons (Fsp3) is 1.00. The Morgan fingerprint density at radius 1 is 1.47 bits per heavy atom. The highest BCUT2D eigenvalue weighted by Gasteiger charge is 2.45. The molecule has 3 atom stereocenters. The summed E-state index contributed by atoms with van der Waals surface area (Å²) < 4.78 is 5.58. The van der Waals surface area contributed by atoms with Gasteiger partial charge in [-0.05, 0) is 32.9 Å². The third-order valence-electron chi connectivity index (χ3n) is 4.84. The van der Waals surface area contributed by atoms with E-state index in [1.54, 1.807) is 0 Å². The first kappa shape index (κ1) is 13.3. The predicted molar refractivity (Wildman–Crippen MR) is 70.1 cm³/mol. The van der Waals surface area contributed by atoms with Gasteiger partial charge in [-0.1, -0.05) is 6.92 Å². The van der Waals surface area contributed by atoms with E-state index >= 15 is 0 Å². The number of likely N-dealkylation sites (tertiary alicyclic amines) is 1. The molecule has 0 saturated carbocycles. The topological polar surface area (TPSA) is 41.7 Å². The van der Waals surface area contributed by atoms with Gasteiger partial charge in [-0.25, -0.2) is 0 Å². The van der Waals surface area contributed by atoms with Crippen LogP contribution in [0.2, 0.25) is 0 Å². The Kier molecular flexibility index (Phi) is 4.08. The van der Waals surface area contributed by atoms with Crippen LogP contribution >= 0.6 is 0 Å². The highest BCUT2D eigenvalue weighted by molar-refractivity contribution is 5.01. The molecule has 0 radical (unpaired) electrons. The number of likely N-dealkylation sites (N-methyl/N-ethyl adjacent to an activating group) is 1. The molecule has 4 heteroatoms. The van der Waals surface area contributed by atoms with Crippen molar-refractivity contribution in [2.45, 2.75) is 31.3 Å². The molecule has 2 heterocycles. The molecule has 0 aromatic rings. The number of hydrogen-bond donors (Lipinski definition) is 1. The second-order valence-corrected chi connectivity index (χ2v) is 5.89. The van der Waals surface area contributed by atoms with Crippen molar-refractivity contribution in [1.29, 1.82) is 0 Å². The zero-order valence-corrected chi connectivity index (χ0v) is 11.5. The second kappa shape index (κ2) is 5.22. The fourth-order valence-electron chi connectivity index (χ4n) is 3.38. The normalized spacial score (nSPS) is 40.1. The van der Waals surface area contributed by atoms with Gasteiger partial charge in [0, 0.05) is 37.8 Å². The number of rotatable bonds is 3. The van der Waals surface area contributed by atoms with E-state index in [9.17, 15) is 0 Å². The van der Waals surface area contributed by atoms with Gasteiger partial charge in [0.15, 0.2) is 0 Å². The van der Waals surface area contributed by atoms with Gasteiger partial charge in [-0.3, -0.25) is 4.90 Å². The van der Waals surface area contributed by atoms with Crippen LogP contribution in [0.3, 0.4) is 0 Å². The molecule has 2 rings (SSSR count). The predicted octanol–water partition coefficient (Wildman–Crippen LogP) is 0.376. The van der Waals surface area contributed by atoms with Gasteiger partial charge < -0.3 is 15.4 Å². The quantitative estimate of drug-likeness (QED) is 0.775. The van der Waals surface area contributed by atoms with E-state index in [2.05, 4.69) is 30.8 Å². The summed E-state index contributed by atoms with van der Waals surface area (Å²) in [6.45, 7) is 7.12. The van der Waals surface area contributed by atoms with E-state index < -0.39 is 0 Å². The number of nitrogens with two attached hydrogens (primary N) is 1. The van der Waals surface area contributed by atoms with Crippen molar-refractivity contribution in [2.24, 2.45) is 11.7 Å². The van der Waals surface area contributed by atoms with E-state index in [1.807, 2.05) is 0 Å². The molecular weight excluding hydrogens is 214 g/mol. The van der Waals surface area contributed by atoms with Crippen molar-refractivity contribution in [2.75, 3.05) is 46.9 Å². The third kappa shape index (κ3) is 2.36. The summed E-state index contributed by atoms with van der Waals surface area (Å²) in [7, 11) is 4.35. The first-order valence-corrected chi connectivity index (χ1v) is 6.79. The van der Waals surface area contributed by atoms with Gasteiger partial charge in [-0.15, -0.1) is 0 Å². The van der Waals surface area contributed by atoms with Crippen LogP contribution in [0.25, 0.3) is 0 Å². The summed E-state index contributed by atoms with van der Waals surface area (Å²) in [5.74, 6) is 0.544. The highest BCUT2D eigenvalue weighted by Crippen LogP contribution is 2.35. The maximum Gasteiger partial charge on any atom is 0.0509 e. The third-order valence-corrected chi connectivity index (χ3v) is 4.84. The molecule has 100 valence electrons. The molecule has 0 bridgehead atoms. The fourth-order valence-corrected chi connectivity index (χ4v) is 3.38. The summed E-state index contributed by atoms with van der Waals surface area (Å²) in [5.41, 5.74) is 6.30. The van der Waals surface area contributed by atoms with Crippen LogP contribution in [-0.2, 0) is 4.74 Å². The summed E-state index contributed by atoms with van der Waals surface area (Å²) in [6, 6.07) is 0.688. The average molecular weight is 241 g/mol. The number of hydrogen-bond acceptors (Lipinski definition) is 4. The highest BCUT2D eigenvalue weighted by atomic mass is 16.5. The molecule has 2 saturated heterocycles. The molecule has 0 aliphatic carbocycles. The van der Waals surface area contributed by atoms with Crippen molar-refractivity contribution in [3.63, 3.8) is 0 Å². The monoisotopic (exact) mass is 241 g/mol. The molecule has 4 nitrogen and oxygen atoms in total. The van der Waals surface area contributed by atoms with Crippen molar-refractivity contribution in [1.82, 2.24) is 9.80 Å². The van der Waals surface area contributed by atoms with Crippen LogP contribution in [0.5, 0.6) is 0 Å². The zero-order valence-electron chi connectivity index (χ0n) is 11.5. The van der Waals surface area contributed by atoms with Crippen molar-refractivity contribution in [3.05, 3.63) is 0 Å². The molecule has 0 spiro atoms. The molecule has 17 heavy (non-hydrogen) atoms. The lowest BCUT2D eigenvalue weighted by molar-refractivity contribution is -0.0590. The first-order valence-electron chi connectivity index (χ1n) is 6.79. The average Bonchev–Trinajstić information content (AvgIpc) is 2.80. The molecule has 2 N–H and O–H groups in total. The van der Waals surface area contributed by atoms with Crippen molar-refractivity contribution >= 4 is 0 Å². The Morgan fingerprint density at radius 2 is 2.24 bits per heavy atom. The molecular formula is C13H27N3O. The summed E-state index contributed by atoms with van der Waals surface area (Å²) >= 11 is 0. The molecule has 0 aromatic heterocycles. The molecule has 0 aromatic carbocycles. The van der Waals surface area contributed by atoms with Gasteiger partial charge >= 0.3 is 0 Å². The summed E-state index contributed by atoms with van der Waals surface area (Å²) in [5, 5.41) is 0. The van der Waals surface area contributed by atoms with Crippen LogP contribution in [0.1, 0.15) is 19.8 Å². The minimum atomic E-state index is 0.184. The smallest absolute Gasteiger partial charge is 0.0509 e. The standard InChI is InChI=1S/C13H27N3O/c1-11-9-17-7-5-13(11,10-14)16-6-4-12(8-16)15(2)3/h11-12H,4-10,14H2,1-3H3. The SMILES string of the molecule is CC1COCCC1(CN)N1CCC(N(C)C)C1. The Labute approximate surface area is 105 Å². The Balaban J connectivity index is 2.08. The van der Waals surface area contributed by atoms with Gasteiger partial charge in [0.2, 0.25) is 0 Å². The Morgan fingerprint density at radius 3 is 2.76 bits per heavy atom. The van der Waals surface area contributed by atoms with Crippen molar-refractivity contribution in [3.8, 4) is 0 Å². The van der Waals surface area contributed by atoms with Gasteiger partial charge in [0.05, 0.1) is 6.61 Å². The van der Waals surface area contributed by atoms with Crippen LogP contribution in [0, 0.1) is 5.92 Å². The minimum absolute atomic E-state index is 0.184. The molecule has 3 unspecified atom stereocenters. The van der Waals surface area contributed by atoms with Crippen molar-refractivity contribution < 1.29 is 4.74 Å². The van der Waals surface area contributed by atoms with Crippen LogP contribution in [0.15, 0.2) is 0 Å². The van der Waals surface area contributed by atoms with Crippen LogP contribution in [-0.4, -0.2) is 68.3 Å². The maximum atomic E-state index is 6.12. The minimum Gasteiger partial charge on any atom is -0.381 e. The first-order chi connectivity index (χ1) is 8.10. The van der Waals surface area contributed by atoms with E-state index in [0.717, 1.165) is 32.7 Å². The maximum absolute atomic E-state index is 6.12.